The Kier molecular flexibility index (Phi) is 5.78. The summed E-state index contributed by atoms with van der Waals surface area (Å²) in [7, 11) is 1.67. The zero-order valence-electron chi connectivity index (χ0n) is 14.7. The van der Waals surface area contributed by atoms with E-state index in [0.717, 1.165) is 19.4 Å². The molecular formula is C19H26N2O3. The molecule has 0 saturated carbocycles. The highest BCUT2D eigenvalue weighted by molar-refractivity contribution is 6.01. The first-order valence-corrected chi connectivity index (χ1v) is 8.25. The number of ether oxygens (including phenoxy) is 1. The van der Waals surface area contributed by atoms with Crippen molar-refractivity contribution in [2.45, 2.75) is 32.8 Å². The van der Waals surface area contributed by atoms with Crippen LogP contribution in [0.3, 0.4) is 0 Å². The van der Waals surface area contributed by atoms with Gasteiger partial charge in [0.1, 0.15) is 0 Å². The van der Waals surface area contributed by atoms with Gasteiger partial charge in [-0.15, -0.1) is 0 Å². The number of benzene rings is 1. The quantitative estimate of drug-likeness (QED) is 0.845. The Balaban J connectivity index is 1.95. The van der Waals surface area contributed by atoms with Gasteiger partial charge in [-0.25, -0.2) is 0 Å². The molecule has 0 bridgehead atoms. The Hall–Kier alpha value is -2.14. The number of anilines is 1. The molecule has 5 nitrogen and oxygen atoms in total. The van der Waals surface area contributed by atoms with Gasteiger partial charge in [-0.1, -0.05) is 20.4 Å². The van der Waals surface area contributed by atoms with E-state index in [1.165, 1.54) is 11.0 Å². The molecule has 1 heterocycles. The highest BCUT2D eigenvalue weighted by atomic mass is 16.5. The zero-order chi connectivity index (χ0) is 17.7. The number of rotatable bonds is 5. The minimum Gasteiger partial charge on any atom is -0.376 e. The van der Waals surface area contributed by atoms with Crippen LogP contribution < -0.4 is 10.2 Å². The van der Waals surface area contributed by atoms with E-state index in [4.69, 9.17) is 4.74 Å². The summed E-state index contributed by atoms with van der Waals surface area (Å²) in [6.45, 7) is 9.06. The Morgan fingerprint density at radius 1 is 1.38 bits per heavy atom. The van der Waals surface area contributed by atoms with Gasteiger partial charge in [0.15, 0.2) is 0 Å². The topological polar surface area (TPSA) is 58.6 Å². The van der Waals surface area contributed by atoms with Gasteiger partial charge in [-0.3, -0.25) is 9.59 Å². The van der Waals surface area contributed by atoms with Crippen molar-refractivity contribution in [3.05, 3.63) is 42.5 Å². The third-order valence-electron chi connectivity index (χ3n) is 4.63. The van der Waals surface area contributed by atoms with Gasteiger partial charge in [0.05, 0.1) is 6.10 Å². The molecule has 1 aromatic rings. The highest BCUT2D eigenvalue weighted by Gasteiger charge is 2.33. The predicted molar refractivity (Wildman–Crippen MR) is 95.1 cm³/mol. The van der Waals surface area contributed by atoms with E-state index >= 15 is 0 Å². The van der Waals surface area contributed by atoms with Crippen LogP contribution in [-0.4, -0.2) is 38.1 Å². The molecule has 1 fully saturated rings. The minimum atomic E-state index is -0.191. The van der Waals surface area contributed by atoms with Gasteiger partial charge in [0, 0.05) is 31.5 Å². The maximum Gasteiger partial charge on any atom is 0.251 e. The molecule has 1 N–H and O–H groups in total. The second-order valence-corrected chi connectivity index (χ2v) is 6.81. The van der Waals surface area contributed by atoms with E-state index < -0.39 is 0 Å². The molecule has 1 atom stereocenters. The SMILES string of the molecule is C=CC(=O)N(C)c1ccc(C(=O)NCC2OCCCC2(C)C)cc1. The molecule has 0 aliphatic carbocycles. The lowest BCUT2D eigenvalue weighted by Gasteiger charge is -2.38. The molecule has 1 aromatic carbocycles. The van der Waals surface area contributed by atoms with Crippen molar-refractivity contribution in [3.63, 3.8) is 0 Å². The lowest BCUT2D eigenvalue weighted by molar-refractivity contribution is -0.113. The summed E-state index contributed by atoms with van der Waals surface area (Å²) < 4.78 is 5.80. The van der Waals surface area contributed by atoms with Gasteiger partial charge in [0.25, 0.3) is 5.91 Å². The average molecular weight is 330 g/mol. The van der Waals surface area contributed by atoms with Crippen LogP contribution in [0.5, 0.6) is 0 Å². The molecule has 0 spiro atoms. The van der Waals surface area contributed by atoms with Crippen LogP contribution in [-0.2, 0) is 9.53 Å². The number of amides is 2. The molecule has 1 aliphatic rings. The number of likely N-dealkylation sites (N-methyl/N-ethyl adjacent to an activating group) is 1. The van der Waals surface area contributed by atoms with Gasteiger partial charge in [0.2, 0.25) is 5.91 Å². The molecule has 0 radical (unpaired) electrons. The maximum atomic E-state index is 12.3. The minimum absolute atomic E-state index is 0.0332. The van der Waals surface area contributed by atoms with Crippen molar-refractivity contribution in [3.8, 4) is 0 Å². The standard InChI is InChI=1S/C19H26N2O3/c1-5-17(22)21(4)15-9-7-14(8-10-15)18(23)20-13-16-19(2,3)11-6-12-24-16/h5,7-10,16H,1,6,11-13H2,2-4H3,(H,20,23). The Morgan fingerprint density at radius 2 is 2.04 bits per heavy atom. The summed E-state index contributed by atoms with van der Waals surface area (Å²) in [6, 6.07) is 6.92. The average Bonchev–Trinajstić information content (AvgIpc) is 2.59. The number of carbonyl (C=O) groups is 2. The second kappa shape index (κ2) is 7.62. The van der Waals surface area contributed by atoms with Crippen molar-refractivity contribution < 1.29 is 14.3 Å². The number of hydrogen-bond acceptors (Lipinski definition) is 3. The number of nitrogens with one attached hydrogen (secondary N) is 1. The first kappa shape index (κ1) is 18.2. The van der Waals surface area contributed by atoms with Crippen molar-refractivity contribution in [1.82, 2.24) is 5.32 Å². The molecule has 1 saturated heterocycles. The van der Waals surface area contributed by atoms with Crippen LogP contribution in [0.1, 0.15) is 37.0 Å². The number of hydrogen-bond donors (Lipinski definition) is 1. The van der Waals surface area contributed by atoms with Crippen LogP contribution in [0, 0.1) is 5.41 Å². The lowest BCUT2D eigenvalue weighted by Crippen LogP contribution is -2.45. The monoisotopic (exact) mass is 330 g/mol. The molecular weight excluding hydrogens is 304 g/mol. The third kappa shape index (κ3) is 4.23. The fourth-order valence-corrected chi connectivity index (χ4v) is 2.86. The summed E-state index contributed by atoms with van der Waals surface area (Å²) in [5, 5.41) is 2.95. The summed E-state index contributed by atoms with van der Waals surface area (Å²) in [4.78, 5) is 25.4. The Labute approximate surface area is 143 Å². The van der Waals surface area contributed by atoms with Crippen molar-refractivity contribution >= 4 is 17.5 Å². The van der Waals surface area contributed by atoms with Crippen molar-refractivity contribution in [2.24, 2.45) is 5.41 Å². The highest BCUT2D eigenvalue weighted by Crippen LogP contribution is 2.32. The normalized spacial score (nSPS) is 19.4. The summed E-state index contributed by atoms with van der Waals surface area (Å²) in [5.41, 5.74) is 1.35. The maximum absolute atomic E-state index is 12.3. The van der Waals surface area contributed by atoms with E-state index in [2.05, 4.69) is 25.7 Å². The molecule has 24 heavy (non-hydrogen) atoms. The Bertz CT molecular complexity index is 608. The van der Waals surface area contributed by atoms with E-state index in [0.29, 0.717) is 17.8 Å². The van der Waals surface area contributed by atoms with Crippen LogP contribution in [0.25, 0.3) is 0 Å². The fraction of sp³-hybridized carbons (Fsp3) is 0.474. The fourth-order valence-electron chi connectivity index (χ4n) is 2.86. The van der Waals surface area contributed by atoms with E-state index in [-0.39, 0.29) is 23.3 Å². The molecule has 2 rings (SSSR count). The van der Waals surface area contributed by atoms with Crippen molar-refractivity contribution in [2.75, 3.05) is 25.1 Å². The summed E-state index contributed by atoms with van der Waals surface area (Å²) in [6.07, 6.45) is 3.46. The summed E-state index contributed by atoms with van der Waals surface area (Å²) in [5.74, 6) is -0.326. The van der Waals surface area contributed by atoms with E-state index in [1.54, 1.807) is 31.3 Å². The zero-order valence-corrected chi connectivity index (χ0v) is 14.7. The smallest absolute Gasteiger partial charge is 0.251 e. The van der Waals surface area contributed by atoms with Crippen LogP contribution >= 0.6 is 0 Å². The Morgan fingerprint density at radius 3 is 2.62 bits per heavy atom. The molecule has 0 aromatic heterocycles. The predicted octanol–water partition coefficient (Wildman–Crippen LogP) is 2.77. The lowest BCUT2D eigenvalue weighted by atomic mass is 9.80. The van der Waals surface area contributed by atoms with Crippen molar-refractivity contribution in [1.29, 1.82) is 0 Å². The van der Waals surface area contributed by atoms with Crippen LogP contribution in [0.15, 0.2) is 36.9 Å². The molecule has 1 unspecified atom stereocenters. The molecule has 2 amide bonds. The first-order valence-electron chi connectivity index (χ1n) is 8.25. The summed E-state index contributed by atoms with van der Waals surface area (Å²) >= 11 is 0. The van der Waals surface area contributed by atoms with Gasteiger partial charge < -0.3 is 15.0 Å². The van der Waals surface area contributed by atoms with Gasteiger partial charge in [-0.05, 0) is 48.6 Å². The van der Waals surface area contributed by atoms with Crippen LogP contribution in [0.4, 0.5) is 5.69 Å². The molecule has 1 aliphatic heterocycles. The number of nitrogens with zero attached hydrogens (tertiary/aromatic N) is 1. The first-order chi connectivity index (χ1) is 11.3. The van der Waals surface area contributed by atoms with Gasteiger partial charge >= 0.3 is 0 Å². The van der Waals surface area contributed by atoms with E-state index in [9.17, 15) is 9.59 Å². The van der Waals surface area contributed by atoms with E-state index in [1.807, 2.05) is 0 Å². The third-order valence-corrected chi connectivity index (χ3v) is 4.63. The van der Waals surface area contributed by atoms with Crippen LogP contribution in [0.2, 0.25) is 0 Å². The second-order valence-electron chi connectivity index (χ2n) is 6.81. The molecule has 5 heteroatoms. The molecule has 130 valence electrons. The van der Waals surface area contributed by atoms with Gasteiger partial charge in [-0.2, -0.15) is 0 Å². The largest absolute Gasteiger partial charge is 0.376 e. The number of carbonyl (C=O) groups excluding carboxylic acids is 2.